The van der Waals surface area contributed by atoms with Crippen LogP contribution in [0.25, 0.3) is 0 Å². The first-order valence-electron chi connectivity index (χ1n) is 8.37. The van der Waals surface area contributed by atoms with E-state index in [2.05, 4.69) is 30.5 Å². The fourth-order valence-corrected chi connectivity index (χ4v) is 3.74. The van der Waals surface area contributed by atoms with Crippen molar-refractivity contribution in [2.45, 2.75) is 32.2 Å². The van der Waals surface area contributed by atoms with Crippen molar-refractivity contribution in [2.24, 2.45) is 5.92 Å². The molecule has 0 bridgehead atoms. The molecule has 3 heterocycles. The SMILES string of the molecule is CNC(=O)c1cc(CC2CCCN(Cc3cscn3)CC2)ncn1. The van der Waals surface area contributed by atoms with Gasteiger partial charge in [-0.25, -0.2) is 15.0 Å². The number of thiazole rings is 1. The maximum absolute atomic E-state index is 11.7. The minimum absolute atomic E-state index is 0.158. The highest BCUT2D eigenvalue weighted by molar-refractivity contribution is 7.07. The van der Waals surface area contributed by atoms with Crippen molar-refractivity contribution in [2.75, 3.05) is 20.1 Å². The van der Waals surface area contributed by atoms with Crippen LogP contribution in [-0.4, -0.2) is 45.9 Å². The molecule has 2 aromatic rings. The molecule has 1 fully saturated rings. The van der Waals surface area contributed by atoms with Crippen molar-refractivity contribution in [3.8, 4) is 0 Å². The van der Waals surface area contributed by atoms with Crippen LogP contribution >= 0.6 is 11.3 Å². The van der Waals surface area contributed by atoms with Crippen LogP contribution in [0, 0.1) is 5.92 Å². The van der Waals surface area contributed by atoms with Gasteiger partial charge in [-0.1, -0.05) is 0 Å². The van der Waals surface area contributed by atoms with Gasteiger partial charge >= 0.3 is 0 Å². The van der Waals surface area contributed by atoms with E-state index in [1.807, 2.05) is 11.6 Å². The standard InChI is InChI=1S/C17H23N5OS/c1-18-17(23)16-8-14(19-11-20-16)7-13-3-2-5-22(6-4-13)9-15-10-24-12-21-15/h8,10-13H,2-7,9H2,1H3,(H,18,23). The van der Waals surface area contributed by atoms with Crippen LogP contribution in [0.3, 0.4) is 0 Å². The number of hydrogen-bond donors (Lipinski definition) is 1. The van der Waals surface area contributed by atoms with E-state index in [1.54, 1.807) is 18.4 Å². The maximum atomic E-state index is 11.7. The summed E-state index contributed by atoms with van der Waals surface area (Å²) < 4.78 is 0. The number of carbonyl (C=O) groups is 1. The minimum Gasteiger partial charge on any atom is -0.354 e. The second-order valence-corrected chi connectivity index (χ2v) is 6.95. The number of amides is 1. The summed E-state index contributed by atoms with van der Waals surface area (Å²) in [5.41, 5.74) is 4.47. The van der Waals surface area contributed by atoms with Crippen molar-refractivity contribution < 1.29 is 4.79 Å². The van der Waals surface area contributed by atoms with Crippen molar-refractivity contribution >= 4 is 17.2 Å². The van der Waals surface area contributed by atoms with Crippen molar-refractivity contribution in [1.82, 2.24) is 25.2 Å². The van der Waals surface area contributed by atoms with Crippen LogP contribution in [0.15, 0.2) is 23.3 Å². The number of aromatic nitrogens is 3. The Hall–Kier alpha value is -1.86. The Morgan fingerprint density at radius 2 is 2.21 bits per heavy atom. The van der Waals surface area contributed by atoms with E-state index in [1.165, 1.54) is 24.9 Å². The molecule has 0 aliphatic carbocycles. The van der Waals surface area contributed by atoms with Crippen LogP contribution in [-0.2, 0) is 13.0 Å². The summed E-state index contributed by atoms with van der Waals surface area (Å²) >= 11 is 1.66. The van der Waals surface area contributed by atoms with Gasteiger partial charge in [0.15, 0.2) is 0 Å². The molecule has 3 rings (SSSR count). The van der Waals surface area contributed by atoms with Crippen LogP contribution in [0.2, 0.25) is 0 Å². The quantitative estimate of drug-likeness (QED) is 0.899. The molecule has 1 saturated heterocycles. The molecule has 128 valence electrons. The molecule has 1 aliphatic rings. The molecule has 7 heteroatoms. The third-order valence-corrected chi connectivity index (χ3v) is 5.13. The van der Waals surface area contributed by atoms with Crippen molar-refractivity contribution in [3.05, 3.63) is 40.4 Å². The summed E-state index contributed by atoms with van der Waals surface area (Å²) in [5, 5.41) is 4.74. The Bertz CT molecular complexity index is 661. The van der Waals surface area contributed by atoms with Gasteiger partial charge in [0.2, 0.25) is 0 Å². The smallest absolute Gasteiger partial charge is 0.269 e. The number of nitrogens with one attached hydrogen (secondary N) is 1. The highest BCUT2D eigenvalue weighted by atomic mass is 32.1. The molecule has 1 unspecified atom stereocenters. The Morgan fingerprint density at radius 3 is 3.00 bits per heavy atom. The lowest BCUT2D eigenvalue weighted by molar-refractivity contribution is 0.0958. The number of rotatable bonds is 5. The molecule has 2 aromatic heterocycles. The van der Waals surface area contributed by atoms with E-state index in [9.17, 15) is 4.79 Å². The lowest BCUT2D eigenvalue weighted by Crippen LogP contribution is -2.24. The highest BCUT2D eigenvalue weighted by Crippen LogP contribution is 2.22. The normalized spacial score (nSPS) is 19.0. The maximum Gasteiger partial charge on any atom is 0.269 e. The summed E-state index contributed by atoms with van der Waals surface area (Å²) in [6.07, 6.45) is 5.96. The molecule has 1 amide bonds. The number of carbonyl (C=O) groups excluding carboxylic acids is 1. The van der Waals surface area contributed by atoms with Crippen molar-refractivity contribution in [1.29, 1.82) is 0 Å². The fourth-order valence-electron chi connectivity index (χ4n) is 3.19. The molecule has 1 aliphatic heterocycles. The summed E-state index contributed by atoms with van der Waals surface area (Å²) in [5.74, 6) is 0.451. The molecular formula is C17H23N5OS. The molecule has 1 atom stereocenters. The largest absolute Gasteiger partial charge is 0.354 e. The molecule has 6 nitrogen and oxygen atoms in total. The Morgan fingerprint density at radius 1 is 1.29 bits per heavy atom. The molecule has 1 N–H and O–H groups in total. The number of likely N-dealkylation sites (tertiary alicyclic amines) is 1. The average molecular weight is 345 g/mol. The number of hydrogen-bond acceptors (Lipinski definition) is 6. The first-order chi connectivity index (χ1) is 11.7. The summed E-state index contributed by atoms with van der Waals surface area (Å²) in [6, 6.07) is 1.82. The zero-order chi connectivity index (χ0) is 16.8. The lowest BCUT2D eigenvalue weighted by Gasteiger charge is -2.18. The van der Waals surface area contributed by atoms with Crippen molar-refractivity contribution in [3.63, 3.8) is 0 Å². The van der Waals surface area contributed by atoms with Crippen LogP contribution in [0.4, 0.5) is 0 Å². The molecule has 0 saturated carbocycles. The van der Waals surface area contributed by atoms with Gasteiger partial charge < -0.3 is 5.32 Å². The molecule has 0 spiro atoms. The summed E-state index contributed by atoms with van der Waals surface area (Å²) in [6.45, 7) is 3.17. The second-order valence-electron chi connectivity index (χ2n) is 6.23. The van der Waals surface area contributed by atoms with E-state index < -0.39 is 0 Å². The van der Waals surface area contributed by atoms with E-state index in [0.29, 0.717) is 11.6 Å². The number of nitrogens with zero attached hydrogens (tertiary/aromatic N) is 4. The van der Waals surface area contributed by atoms with Crippen LogP contribution < -0.4 is 5.32 Å². The van der Waals surface area contributed by atoms with Gasteiger partial charge in [0.25, 0.3) is 5.91 Å². The molecular weight excluding hydrogens is 322 g/mol. The monoisotopic (exact) mass is 345 g/mol. The fraction of sp³-hybridized carbons (Fsp3) is 0.529. The van der Waals surface area contributed by atoms with Crippen LogP contribution in [0.5, 0.6) is 0 Å². The summed E-state index contributed by atoms with van der Waals surface area (Å²) in [4.78, 5) is 27.0. The minimum atomic E-state index is -0.158. The third kappa shape index (κ3) is 4.58. The predicted octanol–water partition coefficient (Wildman–Crippen LogP) is 2.14. The van der Waals surface area contributed by atoms with Gasteiger partial charge in [0.05, 0.1) is 11.2 Å². The second kappa shape index (κ2) is 8.30. The third-order valence-electron chi connectivity index (χ3n) is 4.49. The molecule has 0 aromatic carbocycles. The predicted molar refractivity (Wildman–Crippen MR) is 93.9 cm³/mol. The van der Waals surface area contributed by atoms with E-state index in [4.69, 9.17) is 0 Å². The Balaban J connectivity index is 1.55. The first kappa shape index (κ1) is 17.0. The molecule has 0 radical (unpaired) electrons. The summed E-state index contributed by atoms with van der Waals surface area (Å²) in [7, 11) is 1.62. The highest BCUT2D eigenvalue weighted by Gasteiger charge is 2.19. The lowest BCUT2D eigenvalue weighted by atomic mass is 9.95. The van der Waals surface area contributed by atoms with Gasteiger partial charge in [0, 0.05) is 24.7 Å². The Kier molecular flexibility index (Phi) is 5.87. The van der Waals surface area contributed by atoms with Gasteiger partial charge in [0.1, 0.15) is 12.0 Å². The van der Waals surface area contributed by atoms with Gasteiger partial charge in [-0.3, -0.25) is 9.69 Å². The first-order valence-corrected chi connectivity index (χ1v) is 9.31. The van der Waals surface area contributed by atoms with Crippen LogP contribution in [0.1, 0.15) is 41.1 Å². The van der Waals surface area contributed by atoms with E-state index in [-0.39, 0.29) is 5.91 Å². The van der Waals surface area contributed by atoms with Gasteiger partial charge in [-0.2, -0.15) is 0 Å². The topological polar surface area (TPSA) is 71.0 Å². The average Bonchev–Trinajstić information content (AvgIpc) is 3.02. The molecule has 24 heavy (non-hydrogen) atoms. The van der Waals surface area contributed by atoms with Gasteiger partial charge in [-0.05, 0) is 50.8 Å². The zero-order valence-corrected chi connectivity index (χ0v) is 14.8. The van der Waals surface area contributed by atoms with E-state index in [0.717, 1.165) is 38.2 Å². The van der Waals surface area contributed by atoms with E-state index >= 15 is 0 Å². The van der Waals surface area contributed by atoms with Gasteiger partial charge in [-0.15, -0.1) is 11.3 Å². The zero-order valence-electron chi connectivity index (χ0n) is 13.9. The Labute approximate surface area is 146 Å².